The summed E-state index contributed by atoms with van der Waals surface area (Å²) in [5.41, 5.74) is 7.13. The highest BCUT2D eigenvalue weighted by molar-refractivity contribution is 7.88. The number of hydrogen-bond donors (Lipinski definition) is 3. The number of anilines is 2. The van der Waals surface area contributed by atoms with Crippen LogP contribution in [0.5, 0.6) is 0 Å². The van der Waals surface area contributed by atoms with E-state index in [0.29, 0.717) is 18.1 Å². The molecule has 0 amide bonds. The van der Waals surface area contributed by atoms with Crippen LogP contribution >= 0.6 is 0 Å². The third kappa shape index (κ3) is 3.76. The van der Waals surface area contributed by atoms with E-state index < -0.39 is 10.0 Å². The van der Waals surface area contributed by atoms with Crippen molar-refractivity contribution in [3.05, 3.63) is 24.5 Å². The molecule has 19 heavy (non-hydrogen) atoms. The molecule has 0 aliphatic carbocycles. The Balaban J connectivity index is 2.10. The summed E-state index contributed by atoms with van der Waals surface area (Å²) in [6.07, 6.45) is 2.57. The Hall–Kier alpha value is -1.93. The Morgan fingerprint density at radius 1 is 1.26 bits per heavy atom. The number of hydrogen-bond acceptors (Lipinski definition) is 6. The first-order chi connectivity index (χ1) is 8.96. The van der Waals surface area contributed by atoms with Crippen LogP contribution < -0.4 is 15.8 Å². The molecule has 0 spiro atoms. The molecule has 1 aromatic heterocycles. The van der Waals surface area contributed by atoms with Crippen LogP contribution in [0, 0.1) is 0 Å². The minimum atomic E-state index is -3.17. The fourth-order valence-corrected chi connectivity index (χ4v) is 2.11. The highest BCUT2D eigenvalue weighted by Crippen LogP contribution is 2.21. The second kappa shape index (κ2) is 5.37. The van der Waals surface area contributed by atoms with Crippen molar-refractivity contribution in [1.82, 2.24) is 14.7 Å². The Morgan fingerprint density at radius 2 is 2.05 bits per heavy atom. The van der Waals surface area contributed by atoms with Crippen molar-refractivity contribution in [2.24, 2.45) is 0 Å². The summed E-state index contributed by atoms with van der Waals surface area (Å²) in [5.74, 6) is 0.632. The zero-order valence-electron chi connectivity index (χ0n) is 10.4. The third-order valence-corrected chi connectivity index (χ3v) is 3.17. The van der Waals surface area contributed by atoms with Gasteiger partial charge in [0.2, 0.25) is 10.0 Å². The normalized spacial score (nSPS) is 11.6. The van der Waals surface area contributed by atoms with Gasteiger partial charge in [-0.3, -0.25) is 0 Å². The van der Waals surface area contributed by atoms with Gasteiger partial charge in [0, 0.05) is 24.2 Å². The molecule has 1 aromatic carbocycles. The van der Waals surface area contributed by atoms with Crippen LogP contribution in [0.15, 0.2) is 24.5 Å². The first kappa shape index (κ1) is 13.5. The summed E-state index contributed by atoms with van der Waals surface area (Å²) in [6.45, 7) is 0.709. The smallest absolute Gasteiger partial charge is 0.208 e. The molecule has 1 heterocycles. The first-order valence-electron chi connectivity index (χ1n) is 5.64. The number of sulfonamides is 1. The molecule has 8 heteroatoms. The lowest BCUT2D eigenvalue weighted by atomic mass is 10.2. The fourth-order valence-electron chi connectivity index (χ4n) is 1.63. The molecule has 0 atom stereocenters. The van der Waals surface area contributed by atoms with E-state index in [1.54, 1.807) is 12.1 Å². The highest BCUT2D eigenvalue weighted by atomic mass is 32.2. The highest BCUT2D eigenvalue weighted by Gasteiger charge is 2.04. The van der Waals surface area contributed by atoms with Crippen LogP contribution in [-0.2, 0) is 10.0 Å². The van der Waals surface area contributed by atoms with Gasteiger partial charge in [-0.05, 0) is 18.2 Å². The number of nitrogens with zero attached hydrogens (tertiary/aromatic N) is 2. The molecule has 7 nitrogen and oxygen atoms in total. The quantitative estimate of drug-likeness (QED) is 0.532. The molecular formula is C11H15N5O2S. The molecular weight excluding hydrogens is 266 g/mol. The van der Waals surface area contributed by atoms with Crippen LogP contribution in [-0.4, -0.2) is 37.7 Å². The van der Waals surface area contributed by atoms with E-state index in [1.807, 2.05) is 6.07 Å². The van der Waals surface area contributed by atoms with E-state index in [1.165, 1.54) is 6.33 Å². The first-order valence-corrected chi connectivity index (χ1v) is 7.53. The SMILES string of the molecule is CS(=O)(=O)NCCNc1ncnc2ccc(N)cc12. The summed E-state index contributed by atoms with van der Waals surface area (Å²) in [7, 11) is -3.17. The Labute approximate surface area is 111 Å². The van der Waals surface area contributed by atoms with Gasteiger partial charge >= 0.3 is 0 Å². The third-order valence-electron chi connectivity index (χ3n) is 2.44. The van der Waals surface area contributed by atoms with Gasteiger partial charge in [-0.15, -0.1) is 0 Å². The van der Waals surface area contributed by atoms with Gasteiger partial charge in [-0.1, -0.05) is 0 Å². The van der Waals surface area contributed by atoms with Crippen molar-refractivity contribution >= 4 is 32.4 Å². The molecule has 0 bridgehead atoms. The second-order valence-electron chi connectivity index (χ2n) is 4.09. The van der Waals surface area contributed by atoms with Gasteiger partial charge in [0.1, 0.15) is 12.1 Å². The topological polar surface area (TPSA) is 110 Å². The number of aromatic nitrogens is 2. The second-order valence-corrected chi connectivity index (χ2v) is 5.93. The molecule has 2 rings (SSSR count). The molecule has 0 aliphatic heterocycles. The number of nitrogens with one attached hydrogen (secondary N) is 2. The van der Waals surface area contributed by atoms with E-state index >= 15 is 0 Å². The zero-order chi connectivity index (χ0) is 13.9. The maximum atomic E-state index is 10.9. The molecule has 0 saturated carbocycles. The number of rotatable bonds is 5. The minimum absolute atomic E-state index is 0.284. The Kier molecular flexibility index (Phi) is 3.82. The Morgan fingerprint density at radius 3 is 2.79 bits per heavy atom. The molecule has 0 radical (unpaired) electrons. The number of fused-ring (bicyclic) bond motifs is 1. The predicted octanol–water partition coefficient (Wildman–Crippen LogP) is 0.173. The summed E-state index contributed by atoms with van der Waals surface area (Å²) in [5, 5.41) is 3.86. The van der Waals surface area contributed by atoms with Crippen molar-refractivity contribution in [3.8, 4) is 0 Å². The summed E-state index contributed by atoms with van der Waals surface area (Å²) >= 11 is 0. The molecule has 4 N–H and O–H groups in total. The monoisotopic (exact) mass is 281 g/mol. The molecule has 0 fully saturated rings. The fraction of sp³-hybridized carbons (Fsp3) is 0.273. The predicted molar refractivity (Wildman–Crippen MR) is 75.3 cm³/mol. The maximum Gasteiger partial charge on any atom is 0.208 e. The average Bonchev–Trinajstić information content (AvgIpc) is 2.33. The van der Waals surface area contributed by atoms with Gasteiger partial charge in [0.05, 0.1) is 11.8 Å². The van der Waals surface area contributed by atoms with Crippen LogP contribution in [0.1, 0.15) is 0 Å². The van der Waals surface area contributed by atoms with Crippen LogP contribution in [0.25, 0.3) is 10.9 Å². The lowest BCUT2D eigenvalue weighted by Gasteiger charge is -2.08. The molecule has 102 valence electrons. The van der Waals surface area contributed by atoms with Gasteiger partial charge in [0.25, 0.3) is 0 Å². The van der Waals surface area contributed by atoms with E-state index in [4.69, 9.17) is 5.73 Å². The van der Waals surface area contributed by atoms with E-state index in [-0.39, 0.29) is 6.54 Å². The average molecular weight is 281 g/mol. The Bertz CT molecular complexity index is 687. The number of nitrogen functional groups attached to an aromatic ring is 1. The number of benzene rings is 1. The van der Waals surface area contributed by atoms with Crippen molar-refractivity contribution < 1.29 is 8.42 Å². The van der Waals surface area contributed by atoms with E-state index in [2.05, 4.69) is 20.0 Å². The van der Waals surface area contributed by atoms with Gasteiger partial charge < -0.3 is 11.1 Å². The lowest BCUT2D eigenvalue weighted by Crippen LogP contribution is -2.27. The van der Waals surface area contributed by atoms with E-state index in [0.717, 1.165) is 17.2 Å². The van der Waals surface area contributed by atoms with Crippen LogP contribution in [0.4, 0.5) is 11.5 Å². The van der Waals surface area contributed by atoms with Crippen molar-refractivity contribution in [2.75, 3.05) is 30.4 Å². The lowest BCUT2D eigenvalue weighted by molar-refractivity contribution is 0.589. The standard InChI is InChI=1S/C11H15N5O2S/c1-19(17,18)16-5-4-13-11-9-6-8(12)2-3-10(9)14-7-15-11/h2-3,6-7,16H,4-5,12H2,1H3,(H,13,14,15). The maximum absolute atomic E-state index is 10.9. The molecule has 0 aliphatic rings. The summed E-state index contributed by atoms with van der Waals surface area (Å²) in [6, 6.07) is 5.36. The molecule has 0 unspecified atom stereocenters. The van der Waals surface area contributed by atoms with Gasteiger partial charge in [0.15, 0.2) is 0 Å². The molecule has 2 aromatic rings. The van der Waals surface area contributed by atoms with Gasteiger partial charge in [-0.25, -0.2) is 23.1 Å². The van der Waals surface area contributed by atoms with Crippen LogP contribution in [0.3, 0.4) is 0 Å². The van der Waals surface area contributed by atoms with E-state index in [9.17, 15) is 8.42 Å². The molecule has 0 saturated heterocycles. The largest absolute Gasteiger partial charge is 0.399 e. The zero-order valence-corrected chi connectivity index (χ0v) is 11.2. The number of nitrogens with two attached hydrogens (primary N) is 1. The van der Waals surface area contributed by atoms with Crippen molar-refractivity contribution in [2.45, 2.75) is 0 Å². The minimum Gasteiger partial charge on any atom is -0.399 e. The summed E-state index contributed by atoms with van der Waals surface area (Å²) in [4.78, 5) is 8.26. The van der Waals surface area contributed by atoms with Crippen molar-refractivity contribution in [3.63, 3.8) is 0 Å². The van der Waals surface area contributed by atoms with Gasteiger partial charge in [-0.2, -0.15) is 0 Å². The van der Waals surface area contributed by atoms with Crippen molar-refractivity contribution in [1.29, 1.82) is 0 Å². The summed E-state index contributed by atoms with van der Waals surface area (Å²) < 4.78 is 24.2. The van der Waals surface area contributed by atoms with Crippen LogP contribution in [0.2, 0.25) is 0 Å².